The Morgan fingerprint density at radius 2 is 1.93 bits per heavy atom. The molecule has 0 aliphatic heterocycles. The van der Waals surface area contributed by atoms with Crippen LogP contribution in [0.4, 0.5) is 11.4 Å². The third-order valence-electron chi connectivity index (χ3n) is 3.93. The maximum atomic E-state index is 12.4. The van der Waals surface area contributed by atoms with Crippen LogP contribution in [-0.2, 0) is 0 Å². The molecule has 1 amide bonds. The Balaban J connectivity index is 1.74. The van der Waals surface area contributed by atoms with Crippen LogP contribution in [0.2, 0.25) is 0 Å². The van der Waals surface area contributed by atoms with Crippen molar-refractivity contribution in [2.75, 3.05) is 5.32 Å². The van der Waals surface area contributed by atoms with Crippen LogP contribution in [0.1, 0.15) is 27.2 Å². The van der Waals surface area contributed by atoms with Gasteiger partial charge >= 0.3 is 0 Å². The minimum absolute atomic E-state index is 0.00629. The molecule has 1 N–H and O–H groups in total. The molecule has 0 saturated heterocycles. The van der Waals surface area contributed by atoms with Gasteiger partial charge in [-0.05, 0) is 55.0 Å². The van der Waals surface area contributed by atoms with Gasteiger partial charge in [-0.25, -0.2) is 0 Å². The molecule has 1 aromatic heterocycles. The smallest absolute Gasteiger partial charge is 0.272 e. The highest BCUT2D eigenvalue weighted by atomic mass is 16.6. The fourth-order valence-electron chi connectivity index (χ4n) is 2.58. The van der Waals surface area contributed by atoms with Gasteiger partial charge in [-0.2, -0.15) is 0 Å². The van der Waals surface area contributed by atoms with E-state index in [0.717, 1.165) is 11.3 Å². The second-order valence-electron chi connectivity index (χ2n) is 5.93. The quantitative estimate of drug-likeness (QED) is 0.527. The summed E-state index contributed by atoms with van der Waals surface area (Å²) in [5.41, 5.74) is 3.20. The SMILES string of the molecule is Cc1cc(C(=O)Nc2cccc(C=Cc3ccccn3)c2)ccc1[N+](=O)[O-]. The lowest BCUT2D eigenvalue weighted by Crippen LogP contribution is -2.12. The predicted octanol–water partition coefficient (Wildman–Crippen LogP) is 4.72. The number of aryl methyl sites for hydroxylation is 1. The first-order valence-electron chi connectivity index (χ1n) is 8.28. The molecule has 0 fully saturated rings. The summed E-state index contributed by atoms with van der Waals surface area (Å²) in [4.78, 5) is 27.1. The molecule has 0 atom stereocenters. The predicted molar refractivity (Wildman–Crippen MR) is 105 cm³/mol. The molecule has 3 aromatic rings. The number of nitrogens with zero attached hydrogens (tertiary/aromatic N) is 2. The van der Waals surface area contributed by atoms with Crippen molar-refractivity contribution >= 4 is 29.4 Å². The first-order valence-corrected chi connectivity index (χ1v) is 8.28. The van der Waals surface area contributed by atoms with Crippen LogP contribution in [-0.4, -0.2) is 15.8 Å². The number of carbonyl (C=O) groups excluding carboxylic acids is 1. The van der Waals surface area contributed by atoms with E-state index in [1.54, 1.807) is 19.2 Å². The molecule has 6 heteroatoms. The molecular weight excluding hydrogens is 342 g/mol. The molecule has 27 heavy (non-hydrogen) atoms. The fraction of sp³-hybridized carbons (Fsp3) is 0.0476. The molecule has 0 unspecified atom stereocenters. The lowest BCUT2D eigenvalue weighted by Gasteiger charge is -2.07. The molecule has 0 radical (unpaired) electrons. The monoisotopic (exact) mass is 359 g/mol. The largest absolute Gasteiger partial charge is 0.322 e. The molecule has 2 aromatic carbocycles. The van der Waals surface area contributed by atoms with Gasteiger partial charge in [0.25, 0.3) is 11.6 Å². The molecular formula is C21H17N3O3. The van der Waals surface area contributed by atoms with E-state index in [0.29, 0.717) is 16.8 Å². The van der Waals surface area contributed by atoms with Crippen molar-refractivity contribution in [3.8, 4) is 0 Å². The number of aromatic nitrogens is 1. The van der Waals surface area contributed by atoms with E-state index in [-0.39, 0.29) is 11.6 Å². The number of hydrogen-bond acceptors (Lipinski definition) is 4. The Labute approximate surface area is 156 Å². The molecule has 3 rings (SSSR count). The molecule has 0 bridgehead atoms. The summed E-state index contributed by atoms with van der Waals surface area (Å²) in [5, 5.41) is 13.7. The molecule has 0 aliphatic rings. The van der Waals surface area contributed by atoms with Crippen molar-refractivity contribution in [2.24, 2.45) is 0 Å². The third-order valence-corrected chi connectivity index (χ3v) is 3.93. The summed E-state index contributed by atoms with van der Waals surface area (Å²) in [6, 6.07) is 17.4. The summed E-state index contributed by atoms with van der Waals surface area (Å²) in [5.74, 6) is -0.321. The molecule has 6 nitrogen and oxygen atoms in total. The lowest BCUT2D eigenvalue weighted by atomic mass is 10.1. The van der Waals surface area contributed by atoms with Crippen LogP contribution in [0.25, 0.3) is 12.2 Å². The van der Waals surface area contributed by atoms with Crippen LogP contribution < -0.4 is 5.32 Å². The number of anilines is 1. The Morgan fingerprint density at radius 3 is 2.63 bits per heavy atom. The molecule has 0 saturated carbocycles. The summed E-state index contributed by atoms with van der Waals surface area (Å²) in [7, 11) is 0. The van der Waals surface area contributed by atoms with Crippen molar-refractivity contribution in [3.63, 3.8) is 0 Å². The first kappa shape index (κ1) is 18.0. The van der Waals surface area contributed by atoms with Gasteiger partial charge in [-0.3, -0.25) is 19.9 Å². The highest BCUT2D eigenvalue weighted by Gasteiger charge is 2.13. The van der Waals surface area contributed by atoms with Crippen LogP contribution in [0, 0.1) is 17.0 Å². The number of rotatable bonds is 5. The minimum Gasteiger partial charge on any atom is -0.322 e. The standard InChI is InChI=1S/C21H17N3O3/c1-15-13-17(9-11-20(15)24(26)27)21(25)23-19-7-4-5-16(14-19)8-10-18-6-2-3-12-22-18/h2-14H,1H3,(H,23,25). The summed E-state index contributed by atoms with van der Waals surface area (Å²) >= 11 is 0. The molecule has 1 heterocycles. The Morgan fingerprint density at radius 1 is 1.07 bits per heavy atom. The van der Waals surface area contributed by atoms with Crippen LogP contribution in [0.3, 0.4) is 0 Å². The molecule has 0 aliphatic carbocycles. The van der Waals surface area contributed by atoms with E-state index >= 15 is 0 Å². The van der Waals surface area contributed by atoms with Gasteiger partial charge in [0.1, 0.15) is 0 Å². The van der Waals surface area contributed by atoms with Gasteiger partial charge in [-0.1, -0.05) is 24.3 Å². The summed E-state index contributed by atoms with van der Waals surface area (Å²) in [6.07, 6.45) is 5.52. The van der Waals surface area contributed by atoms with Crippen molar-refractivity contribution in [3.05, 3.63) is 99.4 Å². The highest BCUT2D eigenvalue weighted by molar-refractivity contribution is 6.04. The topological polar surface area (TPSA) is 85.1 Å². The van der Waals surface area contributed by atoms with Gasteiger partial charge in [0, 0.05) is 29.1 Å². The highest BCUT2D eigenvalue weighted by Crippen LogP contribution is 2.20. The average Bonchev–Trinajstić information content (AvgIpc) is 2.67. The zero-order chi connectivity index (χ0) is 19.2. The fourth-order valence-corrected chi connectivity index (χ4v) is 2.58. The Hall–Kier alpha value is -3.80. The van der Waals surface area contributed by atoms with Crippen molar-refractivity contribution < 1.29 is 9.72 Å². The van der Waals surface area contributed by atoms with E-state index in [1.165, 1.54) is 18.2 Å². The number of nitrogens with one attached hydrogen (secondary N) is 1. The second-order valence-corrected chi connectivity index (χ2v) is 5.93. The number of carbonyl (C=O) groups is 1. The first-order chi connectivity index (χ1) is 13.0. The van der Waals surface area contributed by atoms with Crippen molar-refractivity contribution in [1.82, 2.24) is 4.98 Å². The van der Waals surface area contributed by atoms with Gasteiger partial charge in [0.2, 0.25) is 0 Å². The van der Waals surface area contributed by atoms with E-state index in [1.807, 2.05) is 48.6 Å². The zero-order valence-corrected chi connectivity index (χ0v) is 14.6. The van der Waals surface area contributed by atoms with Gasteiger partial charge in [-0.15, -0.1) is 0 Å². The Kier molecular flexibility index (Phi) is 5.37. The summed E-state index contributed by atoms with van der Waals surface area (Å²) in [6.45, 7) is 1.61. The number of nitro groups is 1. The maximum absolute atomic E-state index is 12.4. The number of nitro benzene ring substituents is 1. The van der Waals surface area contributed by atoms with Crippen LogP contribution in [0.15, 0.2) is 66.9 Å². The van der Waals surface area contributed by atoms with E-state index < -0.39 is 4.92 Å². The van der Waals surface area contributed by atoms with E-state index in [2.05, 4.69) is 10.3 Å². The van der Waals surface area contributed by atoms with E-state index in [9.17, 15) is 14.9 Å². The van der Waals surface area contributed by atoms with Crippen LogP contribution in [0.5, 0.6) is 0 Å². The van der Waals surface area contributed by atoms with Crippen molar-refractivity contribution in [1.29, 1.82) is 0 Å². The zero-order valence-electron chi connectivity index (χ0n) is 14.6. The number of amides is 1. The third kappa shape index (κ3) is 4.64. The van der Waals surface area contributed by atoms with Gasteiger partial charge in [0.05, 0.1) is 10.6 Å². The van der Waals surface area contributed by atoms with Gasteiger partial charge < -0.3 is 5.32 Å². The Bertz CT molecular complexity index is 1010. The lowest BCUT2D eigenvalue weighted by molar-refractivity contribution is -0.385. The average molecular weight is 359 g/mol. The van der Waals surface area contributed by atoms with Crippen molar-refractivity contribution in [2.45, 2.75) is 6.92 Å². The number of benzene rings is 2. The molecule has 134 valence electrons. The summed E-state index contributed by atoms with van der Waals surface area (Å²) < 4.78 is 0. The maximum Gasteiger partial charge on any atom is 0.272 e. The van der Waals surface area contributed by atoms with Gasteiger partial charge in [0.15, 0.2) is 0 Å². The number of hydrogen-bond donors (Lipinski definition) is 1. The van der Waals surface area contributed by atoms with Crippen LogP contribution >= 0.6 is 0 Å². The normalized spacial score (nSPS) is 10.7. The minimum atomic E-state index is -0.464. The number of pyridine rings is 1. The second kappa shape index (κ2) is 8.05. The van der Waals surface area contributed by atoms with E-state index in [4.69, 9.17) is 0 Å². The molecule has 0 spiro atoms.